The molecule has 2 aromatic carbocycles. The average Bonchev–Trinajstić information content (AvgIpc) is 3.15. The predicted molar refractivity (Wildman–Crippen MR) is 120 cm³/mol. The largest absolute Gasteiger partial charge is 0.495 e. The number of benzene rings is 2. The molecule has 0 atom stereocenters. The molecule has 1 N–H and O–H groups in total. The molecule has 1 aliphatic heterocycles. The zero-order valence-corrected chi connectivity index (χ0v) is 19.1. The molecule has 0 spiro atoms. The molecule has 0 radical (unpaired) electrons. The number of anilines is 1. The van der Waals surface area contributed by atoms with Crippen molar-refractivity contribution in [2.45, 2.75) is 31.7 Å². The second kappa shape index (κ2) is 8.32. The molecule has 0 fully saturated rings. The van der Waals surface area contributed by atoms with Crippen LogP contribution < -0.4 is 9.46 Å². The Bertz CT molecular complexity index is 1240. The number of ether oxygens (including phenoxy) is 1. The normalized spacial score (nSPS) is 13.6. The fourth-order valence-corrected chi connectivity index (χ4v) is 5.97. The molecule has 1 aromatic heterocycles. The van der Waals surface area contributed by atoms with Crippen molar-refractivity contribution in [3.8, 4) is 5.75 Å². The number of carbonyl (C=O) groups excluding carboxylic acids is 1. The molecule has 2 heterocycles. The van der Waals surface area contributed by atoms with Crippen LogP contribution in [0.3, 0.4) is 0 Å². The Balaban J connectivity index is 1.56. The molecular weight excluding hydrogens is 434 g/mol. The van der Waals surface area contributed by atoms with E-state index in [1.54, 1.807) is 29.2 Å². The molecule has 3 aromatic rings. The van der Waals surface area contributed by atoms with Crippen LogP contribution in [0.4, 0.5) is 5.13 Å². The van der Waals surface area contributed by atoms with E-state index in [0.29, 0.717) is 30.2 Å². The molecule has 0 unspecified atom stereocenters. The van der Waals surface area contributed by atoms with E-state index in [9.17, 15) is 13.2 Å². The van der Waals surface area contributed by atoms with Gasteiger partial charge < -0.3 is 9.64 Å². The first-order valence-electron chi connectivity index (χ1n) is 9.79. The average molecular weight is 458 g/mol. The summed E-state index contributed by atoms with van der Waals surface area (Å²) in [6.45, 7) is 4.71. The highest BCUT2D eigenvalue weighted by Gasteiger charge is 2.27. The van der Waals surface area contributed by atoms with Gasteiger partial charge in [0.05, 0.1) is 19.3 Å². The molecule has 9 heteroatoms. The van der Waals surface area contributed by atoms with E-state index in [4.69, 9.17) is 4.74 Å². The Hall–Kier alpha value is -2.91. The zero-order chi connectivity index (χ0) is 22.2. The van der Waals surface area contributed by atoms with E-state index >= 15 is 0 Å². The van der Waals surface area contributed by atoms with Crippen molar-refractivity contribution in [3.05, 3.63) is 69.7 Å². The van der Waals surface area contributed by atoms with Crippen molar-refractivity contribution in [2.75, 3.05) is 18.4 Å². The number of sulfonamides is 1. The number of rotatable bonds is 5. The lowest BCUT2D eigenvalue weighted by Crippen LogP contribution is -2.35. The van der Waals surface area contributed by atoms with Crippen LogP contribution in [0.5, 0.6) is 5.75 Å². The van der Waals surface area contributed by atoms with Crippen molar-refractivity contribution >= 4 is 32.4 Å². The van der Waals surface area contributed by atoms with Crippen LogP contribution in [0.1, 0.15) is 32.1 Å². The van der Waals surface area contributed by atoms with Gasteiger partial charge in [-0.1, -0.05) is 29.5 Å². The number of fused-ring (bicyclic) bond motifs is 1. The summed E-state index contributed by atoms with van der Waals surface area (Å²) in [5, 5.41) is 0.291. The van der Waals surface area contributed by atoms with Crippen molar-refractivity contribution in [1.29, 1.82) is 0 Å². The molecule has 0 saturated carbocycles. The summed E-state index contributed by atoms with van der Waals surface area (Å²) in [5.74, 6) is 0.248. The number of aryl methyl sites for hydroxylation is 2. The Morgan fingerprint density at radius 1 is 1.16 bits per heavy atom. The first-order valence-corrected chi connectivity index (χ1v) is 12.1. The van der Waals surface area contributed by atoms with Gasteiger partial charge in [0.15, 0.2) is 5.13 Å². The Kier molecular flexibility index (Phi) is 5.72. The predicted octanol–water partition coefficient (Wildman–Crippen LogP) is 3.77. The summed E-state index contributed by atoms with van der Waals surface area (Å²) < 4.78 is 33.9. The number of amides is 1. The first kappa shape index (κ1) is 21.3. The summed E-state index contributed by atoms with van der Waals surface area (Å²) in [6.07, 6.45) is 0.582. The molecule has 162 valence electrons. The first-order chi connectivity index (χ1) is 14.8. The van der Waals surface area contributed by atoms with Crippen LogP contribution >= 0.6 is 11.3 Å². The minimum absolute atomic E-state index is 0.0401. The molecular formula is C22H23N3O4S2. The molecule has 31 heavy (non-hydrogen) atoms. The number of hydrogen-bond donors (Lipinski definition) is 1. The molecule has 1 aliphatic rings. The van der Waals surface area contributed by atoms with E-state index in [0.717, 1.165) is 21.7 Å². The monoisotopic (exact) mass is 457 g/mol. The van der Waals surface area contributed by atoms with Gasteiger partial charge in [-0.15, -0.1) is 0 Å². The van der Waals surface area contributed by atoms with E-state index in [1.165, 1.54) is 18.4 Å². The Morgan fingerprint density at radius 3 is 2.58 bits per heavy atom. The second-order valence-electron chi connectivity index (χ2n) is 7.42. The van der Waals surface area contributed by atoms with Gasteiger partial charge in [-0.2, -0.15) is 0 Å². The van der Waals surface area contributed by atoms with Crippen molar-refractivity contribution in [2.24, 2.45) is 0 Å². The zero-order valence-electron chi connectivity index (χ0n) is 17.5. The number of thiazole rings is 1. The standard InChI is InChI=1S/C22H23N3O4S2/c1-14-11-18(29-3)20(12-15(14)2)31(27,28)24-22-23-17-9-10-25(13-19(17)30-22)21(26)16-7-5-4-6-8-16/h4-8,11-12H,9-10,13H2,1-3H3,(H,23,24). The number of carbonyl (C=O) groups is 1. The van der Waals surface area contributed by atoms with Crippen molar-refractivity contribution in [3.63, 3.8) is 0 Å². The van der Waals surface area contributed by atoms with Crippen LogP contribution in [0.25, 0.3) is 0 Å². The number of hydrogen-bond acceptors (Lipinski definition) is 6. The summed E-state index contributed by atoms with van der Waals surface area (Å²) in [4.78, 5) is 19.9. The van der Waals surface area contributed by atoms with Crippen LogP contribution in [0.2, 0.25) is 0 Å². The van der Waals surface area contributed by atoms with Gasteiger partial charge in [0.2, 0.25) is 0 Å². The quantitative estimate of drug-likeness (QED) is 0.630. The van der Waals surface area contributed by atoms with Crippen molar-refractivity contribution < 1.29 is 17.9 Å². The second-order valence-corrected chi connectivity index (χ2v) is 10.2. The minimum atomic E-state index is -3.88. The van der Waals surface area contributed by atoms with Crippen LogP contribution in [0, 0.1) is 13.8 Å². The van der Waals surface area contributed by atoms with E-state index < -0.39 is 10.0 Å². The van der Waals surface area contributed by atoms with Gasteiger partial charge in [0.1, 0.15) is 10.6 Å². The van der Waals surface area contributed by atoms with Gasteiger partial charge in [-0.05, 0) is 49.2 Å². The van der Waals surface area contributed by atoms with Crippen LogP contribution in [-0.2, 0) is 23.0 Å². The minimum Gasteiger partial charge on any atom is -0.495 e. The van der Waals surface area contributed by atoms with Crippen LogP contribution in [-0.4, -0.2) is 37.9 Å². The maximum Gasteiger partial charge on any atom is 0.267 e. The summed E-state index contributed by atoms with van der Waals surface area (Å²) >= 11 is 1.26. The van der Waals surface area contributed by atoms with E-state index in [-0.39, 0.29) is 16.6 Å². The lowest BCUT2D eigenvalue weighted by molar-refractivity contribution is 0.0736. The summed E-state index contributed by atoms with van der Waals surface area (Å²) in [6, 6.07) is 12.4. The highest BCUT2D eigenvalue weighted by atomic mass is 32.2. The number of nitrogens with zero attached hydrogens (tertiary/aromatic N) is 2. The summed E-state index contributed by atoms with van der Waals surface area (Å²) in [7, 11) is -2.43. The number of methoxy groups -OCH3 is 1. The van der Waals surface area contributed by atoms with Gasteiger partial charge in [-0.3, -0.25) is 9.52 Å². The molecule has 0 saturated heterocycles. The van der Waals surface area contributed by atoms with Gasteiger partial charge in [0, 0.05) is 23.4 Å². The SMILES string of the molecule is COc1cc(C)c(C)cc1S(=O)(=O)Nc1nc2c(s1)CN(C(=O)c1ccccc1)CC2. The van der Waals surface area contributed by atoms with Crippen LogP contribution in [0.15, 0.2) is 47.4 Å². The Labute approximate surface area is 185 Å². The highest BCUT2D eigenvalue weighted by Crippen LogP contribution is 2.33. The van der Waals surface area contributed by atoms with E-state index in [2.05, 4.69) is 9.71 Å². The third kappa shape index (κ3) is 4.28. The maximum atomic E-state index is 13.0. The third-order valence-electron chi connectivity index (χ3n) is 5.33. The molecule has 0 bridgehead atoms. The van der Waals surface area contributed by atoms with Gasteiger partial charge >= 0.3 is 0 Å². The number of aromatic nitrogens is 1. The molecule has 1 amide bonds. The fraction of sp³-hybridized carbons (Fsp3) is 0.273. The maximum absolute atomic E-state index is 13.0. The number of nitrogens with one attached hydrogen (secondary N) is 1. The molecule has 0 aliphatic carbocycles. The lowest BCUT2D eigenvalue weighted by atomic mass is 10.1. The molecule has 4 rings (SSSR count). The van der Waals surface area contributed by atoms with Gasteiger partial charge in [-0.25, -0.2) is 13.4 Å². The fourth-order valence-electron chi connectivity index (χ4n) is 3.48. The Morgan fingerprint density at radius 2 is 1.87 bits per heavy atom. The topological polar surface area (TPSA) is 88.6 Å². The van der Waals surface area contributed by atoms with Crippen molar-refractivity contribution in [1.82, 2.24) is 9.88 Å². The van der Waals surface area contributed by atoms with Gasteiger partial charge in [0.25, 0.3) is 15.9 Å². The summed E-state index contributed by atoms with van der Waals surface area (Å²) in [5.41, 5.74) is 3.27. The highest BCUT2D eigenvalue weighted by molar-refractivity contribution is 7.93. The molecule has 7 nitrogen and oxygen atoms in total. The smallest absolute Gasteiger partial charge is 0.267 e. The lowest BCUT2D eigenvalue weighted by Gasteiger charge is -2.26. The third-order valence-corrected chi connectivity index (χ3v) is 7.82. The van der Waals surface area contributed by atoms with E-state index in [1.807, 2.05) is 32.0 Å².